The minimum atomic E-state index is -0.617. The molecule has 1 aromatic heterocycles. The molecule has 156 valence electrons. The molecule has 3 heterocycles. The van der Waals surface area contributed by atoms with E-state index in [-0.39, 0.29) is 24.2 Å². The maximum absolute atomic E-state index is 12.9. The Morgan fingerprint density at radius 3 is 2.74 bits per heavy atom. The predicted molar refractivity (Wildman–Crippen MR) is 110 cm³/mol. The number of carbonyl (C=O) groups is 3. The van der Waals surface area contributed by atoms with Crippen LogP contribution in [0.2, 0.25) is 0 Å². The van der Waals surface area contributed by atoms with Crippen molar-refractivity contribution in [3.8, 4) is 11.5 Å². The summed E-state index contributed by atoms with van der Waals surface area (Å²) in [4.78, 5) is 38.0. The Morgan fingerprint density at radius 1 is 1.10 bits per heavy atom. The third-order valence-electron chi connectivity index (χ3n) is 5.48. The van der Waals surface area contributed by atoms with E-state index in [1.54, 1.807) is 0 Å². The molecule has 1 fully saturated rings. The maximum Gasteiger partial charge on any atom is 0.316 e. The fraction of sp³-hybridized carbons (Fsp3) is 0.227. The van der Waals surface area contributed by atoms with Crippen LogP contribution < -0.4 is 10.6 Å². The first-order chi connectivity index (χ1) is 15.1. The number of piperidine rings is 1. The molecule has 5 rings (SSSR count). The number of benzene rings is 2. The van der Waals surface area contributed by atoms with Crippen LogP contribution in [0.25, 0.3) is 11.5 Å². The maximum atomic E-state index is 12.9. The van der Waals surface area contributed by atoms with Gasteiger partial charge in [-0.15, -0.1) is 5.10 Å². The fourth-order valence-electron chi connectivity index (χ4n) is 3.88. The Kier molecular flexibility index (Phi) is 4.70. The van der Waals surface area contributed by atoms with Gasteiger partial charge < -0.3 is 14.6 Å². The lowest BCUT2D eigenvalue weighted by molar-refractivity contribution is -0.136. The van der Waals surface area contributed by atoms with Gasteiger partial charge in [0.15, 0.2) is 0 Å². The normalized spacial score (nSPS) is 18.1. The van der Waals surface area contributed by atoms with Crippen LogP contribution >= 0.6 is 0 Å². The lowest BCUT2D eigenvalue weighted by atomic mass is 10.0. The zero-order valence-electron chi connectivity index (χ0n) is 16.5. The van der Waals surface area contributed by atoms with Crippen LogP contribution in [0.3, 0.4) is 0 Å². The summed E-state index contributed by atoms with van der Waals surface area (Å²) in [7, 11) is 0. The molecule has 2 aliphatic rings. The lowest BCUT2D eigenvalue weighted by Gasteiger charge is -2.29. The Hall–Kier alpha value is -4.01. The number of fused-ring (bicyclic) bond motifs is 1. The SMILES string of the molecule is O=C1CCC(N2Cc3ccc(CNc4nnc(-c5ccccc5)o4)cc3C2=O)C(=O)N1. The summed E-state index contributed by atoms with van der Waals surface area (Å²) in [5, 5.41) is 13.4. The average molecular weight is 417 g/mol. The number of hydrogen-bond acceptors (Lipinski definition) is 7. The summed E-state index contributed by atoms with van der Waals surface area (Å²) >= 11 is 0. The van der Waals surface area contributed by atoms with E-state index in [1.807, 2.05) is 48.5 Å². The molecule has 0 spiro atoms. The summed E-state index contributed by atoms with van der Waals surface area (Å²) < 4.78 is 5.64. The molecule has 0 aliphatic carbocycles. The highest BCUT2D eigenvalue weighted by molar-refractivity contribution is 6.05. The van der Waals surface area contributed by atoms with Crippen LogP contribution in [0.1, 0.15) is 34.3 Å². The standard InChI is InChI=1S/C22H19N5O4/c28-18-9-8-17(19(29)24-18)27-12-15-7-6-13(10-16(15)21(27)30)11-23-22-26-25-20(31-22)14-4-2-1-3-5-14/h1-7,10,17H,8-9,11-12H2,(H,23,26)(H,24,28,29). The monoisotopic (exact) mass is 417 g/mol. The molecule has 9 heteroatoms. The number of aromatic nitrogens is 2. The van der Waals surface area contributed by atoms with Crippen LogP contribution in [0, 0.1) is 0 Å². The zero-order chi connectivity index (χ0) is 21.4. The highest BCUT2D eigenvalue weighted by Crippen LogP contribution is 2.28. The number of imide groups is 1. The third kappa shape index (κ3) is 3.65. The lowest BCUT2D eigenvalue weighted by Crippen LogP contribution is -2.52. The Balaban J connectivity index is 1.26. The molecule has 1 saturated heterocycles. The zero-order valence-corrected chi connectivity index (χ0v) is 16.5. The molecule has 2 N–H and O–H groups in total. The topological polar surface area (TPSA) is 117 Å². The number of hydrogen-bond donors (Lipinski definition) is 2. The number of nitrogens with one attached hydrogen (secondary N) is 2. The van der Waals surface area contributed by atoms with Crippen molar-refractivity contribution in [1.29, 1.82) is 0 Å². The van der Waals surface area contributed by atoms with Crippen LogP contribution in [0.15, 0.2) is 52.9 Å². The Labute approximate surface area is 177 Å². The number of carbonyl (C=O) groups excluding carboxylic acids is 3. The van der Waals surface area contributed by atoms with Crippen molar-refractivity contribution in [3.63, 3.8) is 0 Å². The first-order valence-electron chi connectivity index (χ1n) is 9.98. The van der Waals surface area contributed by atoms with Crippen LogP contribution in [0.5, 0.6) is 0 Å². The molecule has 2 aliphatic heterocycles. The smallest absolute Gasteiger partial charge is 0.316 e. The van der Waals surface area contributed by atoms with Gasteiger partial charge in [0, 0.05) is 30.6 Å². The minimum absolute atomic E-state index is 0.199. The molecule has 0 radical (unpaired) electrons. The summed E-state index contributed by atoms with van der Waals surface area (Å²) in [6, 6.07) is 14.8. The van der Waals surface area contributed by atoms with Gasteiger partial charge in [0.2, 0.25) is 17.7 Å². The van der Waals surface area contributed by atoms with Gasteiger partial charge in [-0.1, -0.05) is 35.4 Å². The number of anilines is 1. The van der Waals surface area contributed by atoms with Gasteiger partial charge in [-0.25, -0.2) is 0 Å². The van der Waals surface area contributed by atoms with Crippen molar-refractivity contribution in [2.75, 3.05) is 5.32 Å². The van der Waals surface area contributed by atoms with E-state index in [2.05, 4.69) is 20.8 Å². The van der Waals surface area contributed by atoms with E-state index in [1.165, 1.54) is 4.90 Å². The first-order valence-corrected chi connectivity index (χ1v) is 9.98. The molecule has 9 nitrogen and oxygen atoms in total. The fourth-order valence-corrected chi connectivity index (χ4v) is 3.88. The van der Waals surface area contributed by atoms with Crippen molar-refractivity contribution in [2.24, 2.45) is 0 Å². The third-order valence-corrected chi connectivity index (χ3v) is 5.48. The molecule has 3 amide bonds. The van der Waals surface area contributed by atoms with E-state index >= 15 is 0 Å². The van der Waals surface area contributed by atoms with Crippen LogP contribution in [0.4, 0.5) is 6.01 Å². The highest BCUT2D eigenvalue weighted by Gasteiger charge is 2.39. The summed E-state index contributed by atoms with van der Waals surface area (Å²) in [5.41, 5.74) is 3.14. The van der Waals surface area contributed by atoms with E-state index in [4.69, 9.17) is 4.42 Å². The molecular weight excluding hydrogens is 398 g/mol. The van der Waals surface area contributed by atoms with Crippen molar-refractivity contribution in [1.82, 2.24) is 20.4 Å². The van der Waals surface area contributed by atoms with Crippen molar-refractivity contribution in [2.45, 2.75) is 32.0 Å². The van der Waals surface area contributed by atoms with Gasteiger partial charge in [-0.2, -0.15) is 0 Å². The second-order valence-corrected chi connectivity index (χ2v) is 7.52. The van der Waals surface area contributed by atoms with E-state index < -0.39 is 11.9 Å². The van der Waals surface area contributed by atoms with Gasteiger partial charge in [0.1, 0.15) is 6.04 Å². The van der Waals surface area contributed by atoms with Crippen molar-refractivity contribution >= 4 is 23.7 Å². The van der Waals surface area contributed by atoms with Gasteiger partial charge in [0.25, 0.3) is 5.91 Å². The molecular formula is C22H19N5O4. The molecule has 3 aromatic rings. The summed E-state index contributed by atoms with van der Waals surface area (Å²) in [5.74, 6) is -0.484. The number of rotatable bonds is 5. The first kappa shape index (κ1) is 19.0. The molecule has 0 bridgehead atoms. The van der Waals surface area contributed by atoms with Gasteiger partial charge in [-0.3, -0.25) is 19.7 Å². The Bertz CT molecular complexity index is 1170. The molecule has 2 aromatic carbocycles. The summed E-state index contributed by atoms with van der Waals surface area (Å²) in [6.07, 6.45) is 0.584. The highest BCUT2D eigenvalue weighted by atomic mass is 16.4. The second kappa shape index (κ2) is 7.67. The summed E-state index contributed by atoms with van der Waals surface area (Å²) in [6.45, 7) is 0.758. The van der Waals surface area contributed by atoms with Crippen LogP contribution in [-0.4, -0.2) is 38.9 Å². The van der Waals surface area contributed by atoms with Gasteiger partial charge in [-0.05, 0) is 35.7 Å². The molecule has 1 unspecified atom stereocenters. The van der Waals surface area contributed by atoms with E-state index in [0.717, 1.165) is 16.7 Å². The second-order valence-electron chi connectivity index (χ2n) is 7.52. The quantitative estimate of drug-likeness (QED) is 0.611. The van der Waals surface area contributed by atoms with Crippen molar-refractivity contribution in [3.05, 3.63) is 65.2 Å². The predicted octanol–water partition coefficient (Wildman–Crippen LogP) is 2.11. The number of amides is 3. The van der Waals surface area contributed by atoms with Gasteiger partial charge >= 0.3 is 6.01 Å². The van der Waals surface area contributed by atoms with Crippen molar-refractivity contribution < 1.29 is 18.8 Å². The average Bonchev–Trinajstić information content (AvgIpc) is 3.38. The molecule has 31 heavy (non-hydrogen) atoms. The van der Waals surface area contributed by atoms with E-state index in [0.29, 0.717) is 31.0 Å². The largest absolute Gasteiger partial charge is 0.403 e. The van der Waals surface area contributed by atoms with Crippen LogP contribution in [-0.2, 0) is 22.7 Å². The minimum Gasteiger partial charge on any atom is -0.403 e. The molecule has 1 atom stereocenters. The van der Waals surface area contributed by atoms with Gasteiger partial charge in [0.05, 0.1) is 0 Å². The Morgan fingerprint density at radius 2 is 1.94 bits per heavy atom. The van der Waals surface area contributed by atoms with E-state index in [9.17, 15) is 14.4 Å². The molecule has 0 saturated carbocycles. The number of nitrogens with zero attached hydrogens (tertiary/aromatic N) is 3.